The molecule has 1 aromatic rings. The third-order valence-corrected chi connectivity index (χ3v) is 1.58. The molecule has 1 heterocycles. The summed E-state index contributed by atoms with van der Waals surface area (Å²) in [5.74, 6) is -0.205. The van der Waals surface area contributed by atoms with Crippen molar-refractivity contribution < 1.29 is 9.21 Å². The molecule has 12 heavy (non-hydrogen) atoms. The molecule has 0 bridgehead atoms. The van der Waals surface area contributed by atoms with Crippen LogP contribution in [0.2, 0.25) is 5.22 Å². The van der Waals surface area contributed by atoms with Crippen LogP contribution in [0, 0.1) is 0 Å². The van der Waals surface area contributed by atoms with E-state index in [1.54, 1.807) is 6.07 Å². The number of nitrogens with one attached hydrogen (secondary N) is 1. The van der Waals surface area contributed by atoms with E-state index < -0.39 is 0 Å². The minimum atomic E-state index is -0.205. The largest absolute Gasteiger partial charge is 0.452 e. The van der Waals surface area contributed by atoms with Crippen LogP contribution in [0.25, 0.3) is 0 Å². The number of amides is 1. The molecule has 4 heteroatoms. The summed E-state index contributed by atoms with van der Waals surface area (Å²) in [5, 5.41) is 2.84. The lowest BCUT2D eigenvalue weighted by Gasteiger charge is -2.05. The van der Waals surface area contributed by atoms with Gasteiger partial charge in [0.15, 0.2) is 0 Å². The van der Waals surface area contributed by atoms with E-state index in [1.807, 2.05) is 13.8 Å². The molecule has 0 aromatic carbocycles. The Morgan fingerprint density at radius 3 is 2.75 bits per heavy atom. The number of rotatable bonds is 2. The molecule has 0 fully saturated rings. The maximum absolute atomic E-state index is 11.3. The lowest BCUT2D eigenvalue weighted by atomic mass is 10.3. The minimum absolute atomic E-state index is 0.100. The zero-order chi connectivity index (χ0) is 9.14. The molecule has 66 valence electrons. The van der Waals surface area contributed by atoms with Crippen molar-refractivity contribution in [1.82, 2.24) is 5.32 Å². The quantitative estimate of drug-likeness (QED) is 0.770. The van der Waals surface area contributed by atoms with E-state index in [-0.39, 0.29) is 17.2 Å². The van der Waals surface area contributed by atoms with Crippen molar-refractivity contribution in [2.24, 2.45) is 0 Å². The van der Waals surface area contributed by atoms with E-state index in [0.29, 0.717) is 5.56 Å². The monoisotopic (exact) mass is 187 g/mol. The van der Waals surface area contributed by atoms with Crippen LogP contribution in [0.15, 0.2) is 16.7 Å². The lowest BCUT2D eigenvalue weighted by molar-refractivity contribution is 0.0942. The van der Waals surface area contributed by atoms with Crippen molar-refractivity contribution in [2.75, 3.05) is 0 Å². The van der Waals surface area contributed by atoms with Crippen LogP contribution in [-0.2, 0) is 0 Å². The van der Waals surface area contributed by atoms with Gasteiger partial charge >= 0.3 is 0 Å². The first-order valence-electron chi connectivity index (χ1n) is 3.65. The molecular weight excluding hydrogens is 178 g/mol. The van der Waals surface area contributed by atoms with Crippen LogP contribution in [0.4, 0.5) is 0 Å². The van der Waals surface area contributed by atoms with Gasteiger partial charge in [-0.1, -0.05) is 0 Å². The van der Waals surface area contributed by atoms with Crippen LogP contribution in [0.3, 0.4) is 0 Å². The van der Waals surface area contributed by atoms with E-state index in [4.69, 9.17) is 16.0 Å². The molecule has 1 rings (SSSR count). The van der Waals surface area contributed by atoms with Crippen molar-refractivity contribution in [3.63, 3.8) is 0 Å². The van der Waals surface area contributed by atoms with Crippen LogP contribution in [-0.4, -0.2) is 11.9 Å². The summed E-state index contributed by atoms with van der Waals surface area (Å²) in [5.41, 5.74) is 0.380. The van der Waals surface area contributed by atoms with Crippen molar-refractivity contribution in [2.45, 2.75) is 19.9 Å². The Kier molecular flexibility index (Phi) is 2.76. The van der Waals surface area contributed by atoms with Crippen LogP contribution in [0.1, 0.15) is 24.2 Å². The zero-order valence-corrected chi connectivity index (χ0v) is 7.68. The topological polar surface area (TPSA) is 42.2 Å². The highest BCUT2D eigenvalue weighted by molar-refractivity contribution is 6.32. The second-order valence-corrected chi connectivity index (χ2v) is 3.08. The first-order chi connectivity index (χ1) is 5.61. The van der Waals surface area contributed by atoms with E-state index in [0.717, 1.165) is 0 Å². The fourth-order valence-electron chi connectivity index (χ4n) is 0.796. The molecule has 0 atom stereocenters. The average molecular weight is 188 g/mol. The third-order valence-electron chi connectivity index (χ3n) is 1.28. The molecule has 1 aromatic heterocycles. The minimum Gasteiger partial charge on any atom is -0.452 e. The van der Waals surface area contributed by atoms with Crippen molar-refractivity contribution >= 4 is 17.5 Å². The SMILES string of the molecule is CC(C)NC(=O)c1ccoc1Cl. The molecule has 0 unspecified atom stereocenters. The van der Waals surface area contributed by atoms with Crippen LogP contribution < -0.4 is 5.32 Å². The Balaban J connectivity index is 2.72. The molecule has 0 aliphatic rings. The second-order valence-electron chi connectivity index (χ2n) is 2.74. The number of carbonyl (C=O) groups is 1. The van der Waals surface area contributed by atoms with E-state index in [9.17, 15) is 4.79 Å². The molecule has 0 spiro atoms. The van der Waals surface area contributed by atoms with Crippen molar-refractivity contribution in [3.8, 4) is 0 Å². The predicted octanol–water partition coefficient (Wildman–Crippen LogP) is 2.07. The molecule has 1 N–H and O–H groups in total. The Morgan fingerprint density at radius 1 is 1.67 bits per heavy atom. The van der Waals surface area contributed by atoms with Crippen molar-refractivity contribution in [1.29, 1.82) is 0 Å². The first-order valence-corrected chi connectivity index (χ1v) is 4.03. The molecule has 0 aliphatic carbocycles. The smallest absolute Gasteiger partial charge is 0.256 e. The van der Waals surface area contributed by atoms with Gasteiger partial charge in [-0.05, 0) is 31.5 Å². The van der Waals surface area contributed by atoms with Gasteiger partial charge in [-0.2, -0.15) is 0 Å². The number of halogens is 1. The van der Waals surface area contributed by atoms with Gasteiger partial charge in [-0.3, -0.25) is 4.79 Å². The van der Waals surface area contributed by atoms with Gasteiger partial charge in [0.05, 0.1) is 11.8 Å². The second kappa shape index (κ2) is 3.63. The maximum atomic E-state index is 11.3. The van der Waals surface area contributed by atoms with Gasteiger partial charge < -0.3 is 9.73 Å². The Morgan fingerprint density at radius 2 is 2.33 bits per heavy atom. The van der Waals surface area contributed by atoms with Crippen LogP contribution >= 0.6 is 11.6 Å². The molecular formula is C8H10ClNO2. The molecule has 1 amide bonds. The van der Waals surface area contributed by atoms with E-state index in [1.165, 1.54) is 6.26 Å². The number of carbonyl (C=O) groups excluding carboxylic acids is 1. The van der Waals surface area contributed by atoms with E-state index in [2.05, 4.69) is 5.32 Å². The van der Waals surface area contributed by atoms with Crippen molar-refractivity contribution in [3.05, 3.63) is 23.1 Å². The summed E-state index contributed by atoms with van der Waals surface area (Å²) in [6, 6.07) is 1.64. The summed E-state index contributed by atoms with van der Waals surface area (Å²) in [6.45, 7) is 3.76. The van der Waals surface area contributed by atoms with Gasteiger partial charge in [-0.15, -0.1) is 0 Å². The van der Waals surface area contributed by atoms with Crippen LogP contribution in [0.5, 0.6) is 0 Å². The first kappa shape index (κ1) is 9.13. The summed E-state index contributed by atoms with van der Waals surface area (Å²) in [6.07, 6.45) is 1.39. The maximum Gasteiger partial charge on any atom is 0.256 e. The fourth-order valence-corrected chi connectivity index (χ4v) is 0.996. The highest BCUT2D eigenvalue weighted by Crippen LogP contribution is 2.16. The Labute approximate surface area is 75.7 Å². The fraction of sp³-hybridized carbons (Fsp3) is 0.375. The number of hydrogen-bond donors (Lipinski definition) is 1. The third kappa shape index (κ3) is 2.01. The summed E-state index contributed by atoms with van der Waals surface area (Å²) in [4.78, 5) is 11.3. The average Bonchev–Trinajstić information content (AvgIpc) is 2.33. The normalized spacial score (nSPS) is 10.3. The molecule has 0 saturated heterocycles. The molecule has 3 nitrogen and oxygen atoms in total. The summed E-state index contributed by atoms with van der Waals surface area (Å²) in [7, 11) is 0. The molecule has 0 aliphatic heterocycles. The zero-order valence-electron chi connectivity index (χ0n) is 6.93. The van der Waals surface area contributed by atoms with Gasteiger partial charge in [0, 0.05) is 6.04 Å². The van der Waals surface area contributed by atoms with E-state index >= 15 is 0 Å². The summed E-state index contributed by atoms with van der Waals surface area (Å²) < 4.78 is 4.77. The molecule has 0 radical (unpaired) electrons. The highest BCUT2D eigenvalue weighted by atomic mass is 35.5. The van der Waals surface area contributed by atoms with Gasteiger partial charge in [-0.25, -0.2) is 0 Å². The van der Waals surface area contributed by atoms with Gasteiger partial charge in [0.1, 0.15) is 0 Å². The lowest BCUT2D eigenvalue weighted by Crippen LogP contribution is -2.29. The highest BCUT2D eigenvalue weighted by Gasteiger charge is 2.12. The van der Waals surface area contributed by atoms with Gasteiger partial charge in [0.25, 0.3) is 5.91 Å². The Bertz CT molecular complexity index is 280. The Hall–Kier alpha value is -0.960. The standard InChI is InChI=1S/C8H10ClNO2/c1-5(2)10-8(11)6-3-4-12-7(6)9/h3-5H,1-2H3,(H,10,11). The number of furan rings is 1. The summed E-state index contributed by atoms with van der Waals surface area (Å²) >= 11 is 5.59. The number of hydrogen-bond acceptors (Lipinski definition) is 2. The molecule has 0 saturated carbocycles. The van der Waals surface area contributed by atoms with Gasteiger partial charge in [0.2, 0.25) is 5.22 Å². The predicted molar refractivity (Wildman–Crippen MR) is 46.3 cm³/mol.